The number of nitro benzene ring substituents is 1. The number of carboxylic acid groups (broad SMARTS) is 1. The third kappa shape index (κ3) is 5.06. The van der Waals surface area contributed by atoms with Crippen molar-refractivity contribution in [3.05, 3.63) is 82.9 Å². The second-order valence-electron chi connectivity index (χ2n) is 8.15. The van der Waals surface area contributed by atoms with Crippen LogP contribution in [0, 0.1) is 16.0 Å². The molecule has 1 atom stereocenters. The Bertz CT molecular complexity index is 1320. The minimum atomic E-state index is -0.782. The summed E-state index contributed by atoms with van der Waals surface area (Å²) in [5, 5.41) is 20.4. The number of hydrogen-bond donors (Lipinski definition) is 1. The van der Waals surface area contributed by atoms with Gasteiger partial charge >= 0.3 is 5.97 Å². The van der Waals surface area contributed by atoms with Crippen LogP contribution in [0.15, 0.2) is 72.8 Å². The quantitative estimate of drug-likeness (QED) is 0.180. The van der Waals surface area contributed by atoms with Crippen LogP contribution < -0.4 is 4.74 Å². The molecule has 0 bridgehead atoms. The average Bonchev–Trinajstić information content (AvgIpc) is 3.23. The summed E-state index contributed by atoms with van der Waals surface area (Å²) >= 11 is 0. The Labute approximate surface area is 196 Å². The van der Waals surface area contributed by atoms with Gasteiger partial charge in [-0.3, -0.25) is 19.5 Å². The van der Waals surface area contributed by atoms with E-state index in [-0.39, 0.29) is 11.6 Å². The molecule has 0 aliphatic heterocycles. The Balaban J connectivity index is 1.66. The van der Waals surface area contributed by atoms with Crippen LogP contribution in [0.4, 0.5) is 5.69 Å². The Morgan fingerprint density at radius 3 is 2.62 bits per heavy atom. The lowest BCUT2D eigenvalue weighted by molar-refractivity contribution is -0.384. The van der Waals surface area contributed by atoms with Crippen LogP contribution >= 0.6 is 0 Å². The normalized spacial score (nSPS) is 11.9. The number of carbonyl (C=O) groups is 1. The van der Waals surface area contributed by atoms with Crippen molar-refractivity contribution in [1.82, 2.24) is 9.55 Å². The van der Waals surface area contributed by atoms with E-state index < -0.39 is 10.9 Å². The van der Waals surface area contributed by atoms with Crippen molar-refractivity contribution in [3.63, 3.8) is 0 Å². The molecule has 4 rings (SSSR count). The van der Waals surface area contributed by atoms with E-state index in [0.29, 0.717) is 30.3 Å². The van der Waals surface area contributed by atoms with Crippen LogP contribution in [-0.4, -0.2) is 32.2 Å². The van der Waals surface area contributed by atoms with Crippen LogP contribution in [0.3, 0.4) is 0 Å². The van der Waals surface area contributed by atoms with Gasteiger partial charge in [0.1, 0.15) is 11.6 Å². The molecule has 0 aliphatic carbocycles. The van der Waals surface area contributed by atoms with Gasteiger partial charge in [-0.15, -0.1) is 0 Å². The predicted molar refractivity (Wildman–Crippen MR) is 129 cm³/mol. The van der Waals surface area contributed by atoms with Gasteiger partial charge in [-0.2, -0.15) is 0 Å². The number of nitro groups is 1. The first kappa shape index (κ1) is 23.0. The second kappa shape index (κ2) is 10.2. The summed E-state index contributed by atoms with van der Waals surface area (Å²) < 4.78 is 7.83. The number of rotatable bonds is 10. The highest BCUT2D eigenvalue weighted by Gasteiger charge is 2.17. The molecule has 0 radical (unpaired) electrons. The van der Waals surface area contributed by atoms with Crippen molar-refractivity contribution >= 4 is 22.7 Å². The van der Waals surface area contributed by atoms with Gasteiger partial charge in [0.25, 0.3) is 5.69 Å². The lowest BCUT2D eigenvalue weighted by atomic mass is 10.1. The van der Waals surface area contributed by atoms with Crippen molar-refractivity contribution in [2.24, 2.45) is 5.92 Å². The molecular weight excluding hydrogens is 434 g/mol. The number of non-ortho nitro benzene ring substituents is 1. The van der Waals surface area contributed by atoms with Gasteiger partial charge in [-0.25, -0.2) is 4.98 Å². The van der Waals surface area contributed by atoms with Gasteiger partial charge in [0, 0.05) is 23.8 Å². The number of ether oxygens (including phenoxy) is 1. The van der Waals surface area contributed by atoms with Crippen LogP contribution in [0.1, 0.15) is 26.2 Å². The first-order valence-corrected chi connectivity index (χ1v) is 11.1. The molecule has 1 heterocycles. The SMILES string of the molecule is CC(CCCCOc1ccc2nc(-c3ccccc3)n(-c3cccc([N+](=O)[O-])c3)c2c1)C(=O)O. The fraction of sp³-hybridized carbons (Fsp3) is 0.231. The van der Waals surface area contributed by atoms with E-state index in [1.165, 1.54) is 12.1 Å². The molecule has 0 saturated heterocycles. The number of benzene rings is 3. The minimum Gasteiger partial charge on any atom is -0.494 e. The van der Waals surface area contributed by atoms with Gasteiger partial charge in [0.15, 0.2) is 0 Å². The molecule has 0 spiro atoms. The maximum Gasteiger partial charge on any atom is 0.306 e. The number of aliphatic carboxylic acids is 1. The topological polar surface area (TPSA) is 107 Å². The molecule has 0 amide bonds. The number of aromatic nitrogens is 2. The maximum absolute atomic E-state index is 11.4. The fourth-order valence-electron chi connectivity index (χ4n) is 3.80. The molecule has 1 N–H and O–H groups in total. The first-order chi connectivity index (χ1) is 16.4. The van der Waals surface area contributed by atoms with E-state index >= 15 is 0 Å². The lowest BCUT2D eigenvalue weighted by Crippen LogP contribution is -2.09. The predicted octanol–water partition coefficient (Wildman–Crippen LogP) is 5.87. The van der Waals surface area contributed by atoms with Crippen molar-refractivity contribution in [1.29, 1.82) is 0 Å². The third-order valence-electron chi connectivity index (χ3n) is 5.68. The number of fused-ring (bicyclic) bond motifs is 1. The van der Waals surface area contributed by atoms with Crippen molar-refractivity contribution in [2.45, 2.75) is 26.2 Å². The van der Waals surface area contributed by atoms with E-state index in [1.807, 2.05) is 59.2 Å². The van der Waals surface area contributed by atoms with E-state index in [1.54, 1.807) is 13.0 Å². The first-order valence-electron chi connectivity index (χ1n) is 11.1. The molecule has 1 aromatic heterocycles. The van der Waals surface area contributed by atoms with E-state index in [9.17, 15) is 14.9 Å². The standard InChI is InChI=1S/C26H25N3O5/c1-18(26(30)31)8-5-6-15-34-22-13-14-23-24(17-22)28(20-11-7-12-21(16-20)29(32)33)25(27-23)19-9-3-2-4-10-19/h2-4,7,9-14,16-18H,5-6,8,15H2,1H3,(H,30,31). The zero-order chi connectivity index (χ0) is 24.1. The molecule has 174 valence electrons. The molecule has 0 saturated carbocycles. The van der Waals surface area contributed by atoms with Crippen LogP contribution in [0.2, 0.25) is 0 Å². The second-order valence-corrected chi connectivity index (χ2v) is 8.15. The molecule has 34 heavy (non-hydrogen) atoms. The summed E-state index contributed by atoms with van der Waals surface area (Å²) in [6.45, 7) is 2.17. The van der Waals surface area contributed by atoms with Crippen LogP contribution in [0.25, 0.3) is 28.1 Å². The summed E-state index contributed by atoms with van der Waals surface area (Å²) in [6.07, 6.45) is 2.12. The molecule has 8 nitrogen and oxygen atoms in total. The van der Waals surface area contributed by atoms with Crippen LogP contribution in [-0.2, 0) is 4.79 Å². The molecular formula is C26H25N3O5. The van der Waals surface area contributed by atoms with E-state index in [4.69, 9.17) is 14.8 Å². The van der Waals surface area contributed by atoms with Crippen LogP contribution in [0.5, 0.6) is 5.75 Å². The fourth-order valence-corrected chi connectivity index (χ4v) is 3.80. The number of imidazole rings is 1. The zero-order valence-electron chi connectivity index (χ0n) is 18.8. The summed E-state index contributed by atoms with van der Waals surface area (Å²) in [4.78, 5) is 26.7. The number of nitrogens with zero attached hydrogens (tertiary/aromatic N) is 3. The van der Waals surface area contributed by atoms with Gasteiger partial charge < -0.3 is 9.84 Å². The largest absolute Gasteiger partial charge is 0.494 e. The Kier molecular flexibility index (Phi) is 6.87. The van der Waals surface area contributed by atoms with Gasteiger partial charge in [-0.1, -0.05) is 43.3 Å². The highest BCUT2D eigenvalue weighted by molar-refractivity contribution is 5.84. The molecule has 1 unspecified atom stereocenters. The molecule has 0 aliphatic rings. The third-order valence-corrected chi connectivity index (χ3v) is 5.68. The minimum absolute atomic E-state index is 0.00126. The van der Waals surface area contributed by atoms with Gasteiger partial charge in [-0.05, 0) is 37.5 Å². The Morgan fingerprint density at radius 1 is 1.09 bits per heavy atom. The highest BCUT2D eigenvalue weighted by Crippen LogP contribution is 2.32. The number of hydrogen-bond acceptors (Lipinski definition) is 5. The number of unbranched alkanes of at least 4 members (excludes halogenated alkanes) is 1. The summed E-state index contributed by atoms with van der Waals surface area (Å²) in [5.74, 6) is 0.188. The van der Waals surface area contributed by atoms with Crippen molar-refractivity contribution in [2.75, 3.05) is 6.61 Å². The molecule has 3 aromatic carbocycles. The van der Waals surface area contributed by atoms with Crippen molar-refractivity contribution < 1.29 is 19.6 Å². The van der Waals surface area contributed by atoms with E-state index in [2.05, 4.69) is 0 Å². The lowest BCUT2D eigenvalue weighted by Gasteiger charge is -2.11. The smallest absolute Gasteiger partial charge is 0.306 e. The van der Waals surface area contributed by atoms with Crippen molar-refractivity contribution in [3.8, 4) is 22.8 Å². The molecule has 0 fully saturated rings. The zero-order valence-corrected chi connectivity index (χ0v) is 18.8. The molecule has 8 heteroatoms. The Morgan fingerprint density at radius 2 is 1.88 bits per heavy atom. The summed E-state index contributed by atoms with van der Waals surface area (Å²) in [7, 11) is 0. The average molecular weight is 460 g/mol. The van der Waals surface area contributed by atoms with Gasteiger partial charge in [0.2, 0.25) is 0 Å². The van der Waals surface area contributed by atoms with E-state index in [0.717, 1.165) is 29.4 Å². The molecule has 4 aromatic rings. The monoisotopic (exact) mass is 459 g/mol. The summed E-state index contributed by atoms with van der Waals surface area (Å²) in [5.41, 5.74) is 3.04. The van der Waals surface area contributed by atoms with Gasteiger partial charge in [0.05, 0.1) is 34.2 Å². The summed E-state index contributed by atoms with van der Waals surface area (Å²) in [6, 6.07) is 21.7. The Hall–Kier alpha value is -4.20. The number of carboxylic acids is 1. The maximum atomic E-state index is 11.4. The highest BCUT2D eigenvalue weighted by atomic mass is 16.6.